The fourth-order valence-corrected chi connectivity index (χ4v) is 2.63. The van der Waals surface area contributed by atoms with E-state index in [0.717, 1.165) is 33.4 Å². The molecule has 23 heavy (non-hydrogen) atoms. The average Bonchev–Trinajstić information content (AvgIpc) is 2.55. The number of anilines is 1. The number of benzene rings is 1. The Morgan fingerprint density at radius 1 is 1.17 bits per heavy atom. The van der Waals surface area contributed by atoms with Crippen LogP contribution in [0, 0.1) is 6.92 Å². The van der Waals surface area contributed by atoms with Crippen LogP contribution in [0.4, 0.5) is 5.69 Å². The molecule has 5 nitrogen and oxygen atoms in total. The molecule has 0 unspecified atom stereocenters. The summed E-state index contributed by atoms with van der Waals surface area (Å²) in [7, 11) is 0. The number of pyridine rings is 2. The fraction of sp³-hybridized carbons (Fsp3) is 0.167. The predicted octanol–water partition coefficient (Wildman–Crippen LogP) is 3.18. The van der Waals surface area contributed by atoms with Gasteiger partial charge in [-0.15, -0.1) is 0 Å². The average molecular weight is 307 g/mol. The fourth-order valence-electron chi connectivity index (χ4n) is 2.63. The molecule has 0 radical (unpaired) electrons. The minimum atomic E-state index is -0.864. The largest absolute Gasteiger partial charge is 0.481 e. The second-order valence-electron chi connectivity index (χ2n) is 5.35. The van der Waals surface area contributed by atoms with Gasteiger partial charge >= 0.3 is 5.97 Å². The van der Waals surface area contributed by atoms with Crippen LogP contribution in [0.25, 0.3) is 10.9 Å². The van der Waals surface area contributed by atoms with E-state index in [1.165, 1.54) is 0 Å². The van der Waals surface area contributed by atoms with Crippen LogP contribution in [0.3, 0.4) is 0 Å². The first-order chi connectivity index (χ1) is 11.1. The highest BCUT2D eigenvalue weighted by molar-refractivity contribution is 5.94. The minimum absolute atomic E-state index is 0.0532. The van der Waals surface area contributed by atoms with Gasteiger partial charge in [-0.3, -0.25) is 14.8 Å². The van der Waals surface area contributed by atoms with Crippen LogP contribution in [0.5, 0.6) is 0 Å². The zero-order valence-electron chi connectivity index (χ0n) is 12.8. The molecule has 0 bridgehead atoms. The maximum absolute atomic E-state index is 11.2. The molecule has 0 aliphatic heterocycles. The number of aromatic nitrogens is 2. The summed E-state index contributed by atoms with van der Waals surface area (Å²) >= 11 is 0. The van der Waals surface area contributed by atoms with Crippen LogP contribution in [0.2, 0.25) is 0 Å². The van der Waals surface area contributed by atoms with E-state index in [0.29, 0.717) is 6.54 Å². The molecule has 0 fully saturated rings. The van der Waals surface area contributed by atoms with Crippen LogP contribution < -0.4 is 5.32 Å². The molecule has 0 amide bonds. The lowest BCUT2D eigenvalue weighted by molar-refractivity contribution is -0.136. The third-order valence-corrected chi connectivity index (χ3v) is 3.75. The molecular weight excluding hydrogens is 290 g/mol. The smallest absolute Gasteiger partial charge is 0.307 e. The monoisotopic (exact) mass is 307 g/mol. The van der Waals surface area contributed by atoms with Crippen molar-refractivity contribution in [1.82, 2.24) is 9.97 Å². The summed E-state index contributed by atoms with van der Waals surface area (Å²) in [5.74, 6) is -0.864. The minimum Gasteiger partial charge on any atom is -0.481 e. The van der Waals surface area contributed by atoms with Crippen molar-refractivity contribution in [1.29, 1.82) is 0 Å². The van der Waals surface area contributed by atoms with E-state index >= 15 is 0 Å². The molecule has 2 heterocycles. The van der Waals surface area contributed by atoms with Gasteiger partial charge in [0.05, 0.1) is 11.9 Å². The Morgan fingerprint density at radius 2 is 1.91 bits per heavy atom. The first-order valence-corrected chi connectivity index (χ1v) is 7.38. The topological polar surface area (TPSA) is 75.1 Å². The molecule has 0 saturated heterocycles. The number of fused-ring (bicyclic) bond motifs is 1. The Kier molecular flexibility index (Phi) is 4.19. The number of aliphatic carboxylic acids is 1. The number of hydrogen-bond acceptors (Lipinski definition) is 4. The van der Waals surface area contributed by atoms with Crippen LogP contribution in [-0.2, 0) is 17.8 Å². The van der Waals surface area contributed by atoms with Gasteiger partial charge in [-0.25, -0.2) is 0 Å². The standard InChI is InChI=1S/C18H17N3O2/c1-12-15(10-17(22)23)18(14-4-2-3-5-16(14)21-12)20-11-13-6-8-19-9-7-13/h2-9H,10-11H2,1H3,(H,20,21)(H,22,23). The number of hydrogen-bond donors (Lipinski definition) is 2. The predicted molar refractivity (Wildman–Crippen MR) is 89.4 cm³/mol. The van der Waals surface area contributed by atoms with E-state index in [-0.39, 0.29) is 6.42 Å². The number of carboxylic acids is 1. The van der Waals surface area contributed by atoms with E-state index in [9.17, 15) is 9.90 Å². The summed E-state index contributed by atoms with van der Waals surface area (Å²) in [6.45, 7) is 2.45. The maximum Gasteiger partial charge on any atom is 0.307 e. The van der Waals surface area contributed by atoms with Crippen molar-refractivity contribution in [2.45, 2.75) is 19.9 Å². The number of carbonyl (C=O) groups is 1. The van der Waals surface area contributed by atoms with Crippen LogP contribution >= 0.6 is 0 Å². The normalized spacial score (nSPS) is 10.7. The lowest BCUT2D eigenvalue weighted by Gasteiger charge is -2.16. The summed E-state index contributed by atoms with van der Waals surface area (Å²) in [6.07, 6.45) is 3.43. The molecule has 0 spiro atoms. The molecule has 0 aliphatic rings. The Bertz CT molecular complexity index is 848. The summed E-state index contributed by atoms with van der Waals surface area (Å²) in [4.78, 5) is 19.8. The highest BCUT2D eigenvalue weighted by Crippen LogP contribution is 2.29. The maximum atomic E-state index is 11.2. The van der Waals surface area contributed by atoms with Gasteiger partial charge in [-0.05, 0) is 30.7 Å². The van der Waals surface area contributed by atoms with Gasteiger partial charge in [0.15, 0.2) is 0 Å². The van der Waals surface area contributed by atoms with Crippen LogP contribution in [0.15, 0.2) is 48.8 Å². The molecule has 5 heteroatoms. The number of nitrogens with one attached hydrogen (secondary N) is 1. The third-order valence-electron chi connectivity index (χ3n) is 3.75. The summed E-state index contributed by atoms with van der Waals surface area (Å²) in [5.41, 5.74) is 4.25. The Balaban J connectivity index is 2.05. The molecule has 116 valence electrons. The molecule has 2 N–H and O–H groups in total. The molecule has 0 aliphatic carbocycles. The number of para-hydroxylation sites is 1. The zero-order chi connectivity index (χ0) is 16.2. The van der Waals surface area contributed by atoms with Crippen molar-refractivity contribution < 1.29 is 9.90 Å². The van der Waals surface area contributed by atoms with E-state index in [4.69, 9.17) is 0 Å². The van der Waals surface area contributed by atoms with Gasteiger partial charge < -0.3 is 10.4 Å². The summed E-state index contributed by atoms with van der Waals surface area (Å²) in [6, 6.07) is 11.6. The second-order valence-corrected chi connectivity index (χ2v) is 5.35. The van der Waals surface area contributed by atoms with Gasteiger partial charge in [0.2, 0.25) is 0 Å². The summed E-state index contributed by atoms with van der Waals surface area (Å²) in [5, 5.41) is 13.5. The van der Waals surface area contributed by atoms with Crippen molar-refractivity contribution in [2.24, 2.45) is 0 Å². The SMILES string of the molecule is Cc1nc2ccccc2c(NCc2ccncc2)c1CC(=O)O. The lowest BCUT2D eigenvalue weighted by Crippen LogP contribution is -2.10. The number of aryl methyl sites for hydroxylation is 1. The van der Waals surface area contributed by atoms with Gasteiger partial charge in [0.25, 0.3) is 0 Å². The molecular formula is C18H17N3O2. The second kappa shape index (κ2) is 6.44. The van der Waals surface area contributed by atoms with Crippen molar-refractivity contribution in [3.63, 3.8) is 0 Å². The number of rotatable bonds is 5. The zero-order valence-corrected chi connectivity index (χ0v) is 12.8. The van der Waals surface area contributed by atoms with Crippen molar-refractivity contribution in [3.05, 3.63) is 65.6 Å². The highest BCUT2D eigenvalue weighted by atomic mass is 16.4. The number of nitrogens with zero attached hydrogens (tertiary/aromatic N) is 2. The Hall–Kier alpha value is -2.95. The first kappa shape index (κ1) is 15.0. The third kappa shape index (κ3) is 3.29. The van der Waals surface area contributed by atoms with E-state index < -0.39 is 5.97 Å². The molecule has 0 saturated carbocycles. The van der Waals surface area contributed by atoms with Crippen molar-refractivity contribution in [3.8, 4) is 0 Å². The molecule has 0 atom stereocenters. The van der Waals surface area contributed by atoms with E-state index in [1.54, 1.807) is 12.4 Å². The molecule has 3 rings (SSSR count). The highest BCUT2D eigenvalue weighted by Gasteiger charge is 2.15. The lowest BCUT2D eigenvalue weighted by atomic mass is 10.0. The van der Waals surface area contributed by atoms with Gasteiger partial charge in [-0.2, -0.15) is 0 Å². The number of carboxylic acid groups (broad SMARTS) is 1. The van der Waals surface area contributed by atoms with E-state index in [1.807, 2.05) is 43.3 Å². The van der Waals surface area contributed by atoms with Crippen LogP contribution in [0.1, 0.15) is 16.8 Å². The Morgan fingerprint density at radius 3 is 2.65 bits per heavy atom. The Labute approximate surface area is 134 Å². The van der Waals surface area contributed by atoms with Crippen LogP contribution in [-0.4, -0.2) is 21.0 Å². The molecule has 1 aromatic carbocycles. The first-order valence-electron chi connectivity index (χ1n) is 7.38. The van der Waals surface area contributed by atoms with Crippen molar-refractivity contribution in [2.75, 3.05) is 5.32 Å². The molecule has 3 aromatic rings. The van der Waals surface area contributed by atoms with Gasteiger partial charge in [0.1, 0.15) is 0 Å². The van der Waals surface area contributed by atoms with E-state index in [2.05, 4.69) is 15.3 Å². The van der Waals surface area contributed by atoms with Gasteiger partial charge in [0, 0.05) is 41.3 Å². The molecule has 2 aromatic heterocycles. The van der Waals surface area contributed by atoms with Gasteiger partial charge in [-0.1, -0.05) is 18.2 Å². The quantitative estimate of drug-likeness (QED) is 0.757. The summed E-state index contributed by atoms with van der Waals surface area (Å²) < 4.78 is 0. The van der Waals surface area contributed by atoms with Crippen molar-refractivity contribution >= 4 is 22.6 Å².